The number of hydrogen-bond donors (Lipinski definition) is 3. The fourth-order valence-electron chi connectivity index (χ4n) is 1.96. The fourth-order valence-corrected chi connectivity index (χ4v) is 2.01. The molecule has 0 aromatic heterocycles. The van der Waals surface area contributed by atoms with Gasteiger partial charge in [0.25, 0.3) is 0 Å². The zero-order chi connectivity index (χ0) is 18.2. The van der Waals surface area contributed by atoms with E-state index in [-0.39, 0.29) is 17.3 Å². The van der Waals surface area contributed by atoms with Crippen LogP contribution in [0, 0.1) is 0 Å². The molecule has 0 spiro atoms. The fraction of sp³-hybridized carbons (Fsp3) is 0.118. The van der Waals surface area contributed by atoms with Gasteiger partial charge in [-0.2, -0.15) is 5.10 Å². The number of carboxylic acids is 1. The first kappa shape index (κ1) is 18.2. The van der Waals surface area contributed by atoms with Gasteiger partial charge in [-0.05, 0) is 53.7 Å². The van der Waals surface area contributed by atoms with Crippen molar-refractivity contribution >= 4 is 29.5 Å². The minimum Gasteiger partial charge on any atom is -0.493 e. The molecule has 2 aromatic rings. The Hall–Kier alpha value is -3.13. The van der Waals surface area contributed by atoms with Crippen LogP contribution in [0.15, 0.2) is 47.6 Å². The summed E-state index contributed by atoms with van der Waals surface area (Å²) in [4.78, 5) is 10.8. The maximum absolute atomic E-state index is 10.8. The Morgan fingerprint density at radius 2 is 2.00 bits per heavy atom. The standard InChI is InChI=1S/C17H17N3O4S/c1-23-15-8-12(9-19-20-17(18)25)4-7-14(15)24-10-11-2-5-13(6-3-11)16(21)22/h2-9H,10H2,1H3,(H,21,22)(H3,18,20,25)/b19-9-. The molecule has 4 N–H and O–H groups in total. The first-order valence-electron chi connectivity index (χ1n) is 7.21. The largest absolute Gasteiger partial charge is 0.493 e. The predicted molar refractivity (Wildman–Crippen MR) is 98.2 cm³/mol. The van der Waals surface area contributed by atoms with E-state index in [9.17, 15) is 4.79 Å². The molecule has 0 aliphatic carbocycles. The SMILES string of the molecule is COc1cc(/C=N\NC(N)=S)ccc1OCc1ccc(C(=O)O)cc1. The highest BCUT2D eigenvalue weighted by Gasteiger charge is 2.07. The Balaban J connectivity index is 2.04. The van der Waals surface area contributed by atoms with Crippen molar-refractivity contribution in [3.8, 4) is 11.5 Å². The number of carbonyl (C=O) groups is 1. The van der Waals surface area contributed by atoms with E-state index in [1.54, 1.807) is 36.5 Å². The van der Waals surface area contributed by atoms with E-state index in [4.69, 9.17) is 20.3 Å². The van der Waals surface area contributed by atoms with E-state index < -0.39 is 5.97 Å². The molecule has 0 fully saturated rings. The molecule has 2 rings (SSSR count). The van der Waals surface area contributed by atoms with Crippen molar-refractivity contribution in [2.24, 2.45) is 10.8 Å². The summed E-state index contributed by atoms with van der Waals surface area (Å²) in [6.45, 7) is 0.284. The van der Waals surface area contributed by atoms with Gasteiger partial charge in [-0.3, -0.25) is 5.43 Å². The Labute approximate surface area is 150 Å². The van der Waals surface area contributed by atoms with Gasteiger partial charge in [0, 0.05) is 0 Å². The second-order valence-corrected chi connectivity index (χ2v) is 5.38. The van der Waals surface area contributed by atoms with Gasteiger partial charge >= 0.3 is 5.97 Å². The van der Waals surface area contributed by atoms with Crippen molar-refractivity contribution in [3.05, 3.63) is 59.2 Å². The Kier molecular flexibility index (Phi) is 6.30. The van der Waals surface area contributed by atoms with Crippen LogP contribution in [0.1, 0.15) is 21.5 Å². The van der Waals surface area contributed by atoms with E-state index >= 15 is 0 Å². The van der Waals surface area contributed by atoms with Crippen LogP contribution < -0.4 is 20.6 Å². The molecule has 0 aliphatic heterocycles. The Bertz CT molecular complexity index is 791. The number of hydrazone groups is 1. The molecule has 0 heterocycles. The van der Waals surface area contributed by atoms with E-state index in [2.05, 4.69) is 22.7 Å². The quantitative estimate of drug-likeness (QED) is 0.395. The molecule has 7 nitrogen and oxygen atoms in total. The van der Waals surface area contributed by atoms with Crippen molar-refractivity contribution in [2.45, 2.75) is 6.61 Å². The lowest BCUT2D eigenvalue weighted by atomic mass is 10.1. The van der Waals surface area contributed by atoms with Crippen LogP contribution in [0.5, 0.6) is 11.5 Å². The molecule has 0 radical (unpaired) electrons. The molecule has 0 aliphatic rings. The lowest BCUT2D eigenvalue weighted by molar-refractivity contribution is 0.0697. The molecule has 2 aromatic carbocycles. The number of carboxylic acid groups (broad SMARTS) is 1. The summed E-state index contributed by atoms with van der Waals surface area (Å²) in [6, 6.07) is 11.8. The van der Waals surface area contributed by atoms with Gasteiger partial charge in [0.1, 0.15) is 6.61 Å². The molecular weight excluding hydrogens is 342 g/mol. The van der Waals surface area contributed by atoms with Gasteiger partial charge in [-0.15, -0.1) is 0 Å². The van der Waals surface area contributed by atoms with Gasteiger partial charge in [-0.1, -0.05) is 12.1 Å². The number of ether oxygens (including phenoxy) is 2. The smallest absolute Gasteiger partial charge is 0.335 e. The minimum absolute atomic E-state index is 0.0806. The molecule has 0 saturated carbocycles. The Morgan fingerprint density at radius 1 is 1.28 bits per heavy atom. The van der Waals surface area contributed by atoms with Crippen molar-refractivity contribution in [1.29, 1.82) is 0 Å². The topological polar surface area (TPSA) is 106 Å². The van der Waals surface area contributed by atoms with Gasteiger partial charge in [0.2, 0.25) is 0 Å². The zero-order valence-corrected chi connectivity index (χ0v) is 14.2. The van der Waals surface area contributed by atoms with Crippen LogP contribution >= 0.6 is 12.2 Å². The summed E-state index contributed by atoms with van der Waals surface area (Å²) in [7, 11) is 1.54. The number of aromatic carboxylic acids is 1. The monoisotopic (exact) mass is 359 g/mol. The second-order valence-electron chi connectivity index (χ2n) is 4.94. The second kappa shape index (κ2) is 8.65. The third-order valence-electron chi connectivity index (χ3n) is 3.17. The molecule has 25 heavy (non-hydrogen) atoms. The number of hydrogen-bond acceptors (Lipinski definition) is 5. The first-order valence-corrected chi connectivity index (χ1v) is 7.62. The van der Waals surface area contributed by atoms with Crippen LogP contribution in [0.25, 0.3) is 0 Å². The van der Waals surface area contributed by atoms with Crippen LogP contribution in [0.2, 0.25) is 0 Å². The summed E-state index contributed by atoms with van der Waals surface area (Å²) >= 11 is 4.66. The molecule has 0 atom stereocenters. The van der Waals surface area contributed by atoms with E-state index in [1.807, 2.05) is 0 Å². The number of thiocarbonyl (C=S) groups is 1. The molecule has 0 saturated heterocycles. The van der Waals surface area contributed by atoms with E-state index in [0.29, 0.717) is 11.5 Å². The van der Waals surface area contributed by atoms with Crippen molar-refractivity contribution in [3.63, 3.8) is 0 Å². The van der Waals surface area contributed by atoms with Crippen molar-refractivity contribution in [2.75, 3.05) is 7.11 Å². The molecule has 0 amide bonds. The van der Waals surface area contributed by atoms with E-state index in [0.717, 1.165) is 11.1 Å². The maximum atomic E-state index is 10.8. The van der Waals surface area contributed by atoms with Crippen molar-refractivity contribution in [1.82, 2.24) is 5.43 Å². The van der Waals surface area contributed by atoms with Crippen LogP contribution in [0.4, 0.5) is 0 Å². The number of benzene rings is 2. The van der Waals surface area contributed by atoms with Crippen LogP contribution in [0.3, 0.4) is 0 Å². The number of nitrogens with two attached hydrogens (primary N) is 1. The first-order chi connectivity index (χ1) is 12.0. The summed E-state index contributed by atoms with van der Waals surface area (Å²) in [5, 5.41) is 12.9. The van der Waals surface area contributed by atoms with Crippen LogP contribution in [-0.4, -0.2) is 29.5 Å². The van der Waals surface area contributed by atoms with Gasteiger partial charge in [0.05, 0.1) is 18.9 Å². The summed E-state index contributed by atoms with van der Waals surface area (Å²) in [5.41, 5.74) is 9.61. The highest BCUT2D eigenvalue weighted by atomic mass is 32.1. The normalized spacial score (nSPS) is 10.4. The predicted octanol–water partition coefficient (Wildman–Crippen LogP) is 2.14. The molecule has 130 valence electrons. The molecule has 8 heteroatoms. The van der Waals surface area contributed by atoms with Crippen molar-refractivity contribution < 1.29 is 19.4 Å². The van der Waals surface area contributed by atoms with Gasteiger partial charge in [-0.25, -0.2) is 4.79 Å². The number of methoxy groups -OCH3 is 1. The average Bonchev–Trinajstić information content (AvgIpc) is 2.60. The summed E-state index contributed by atoms with van der Waals surface area (Å²) < 4.78 is 11.1. The Morgan fingerprint density at radius 3 is 2.60 bits per heavy atom. The summed E-state index contributed by atoms with van der Waals surface area (Å²) in [5.74, 6) is 0.141. The number of rotatable bonds is 7. The highest BCUT2D eigenvalue weighted by Crippen LogP contribution is 2.28. The van der Waals surface area contributed by atoms with Gasteiger partial charge < -0.3 is 20.3 Å². The zero-order valence-electron chi connectivity index (χ0n) is 13.4. The minimum atomic E-state index is -0.962. The lowest BCUT2D eigenvalue weighted by Crippen LogP contribution is -2.23. The third kappa shape index (κ3) is 5.47. The molecule has 0 bridgehead atoms. The number of nitrogens with one attached hydrogen (secondary N) is 1. The van der Waals surface area contributed by atoms with Gasteiger partial charge in [0.15, 0.2) is 16.6 Å². The summed E-state index contributed by atoms with van der Waals surface area (Å²) in [6.07, 6.45) is 1.55. The maximum Gasteiger partial charge on any atom is 0.335 e. The molecule has 0 unspecified atom stereocenters. The lowest BCUT2D eigenvalue weighted by Gasteiger charge is -2.11. The van der Waals surface area contributed by atoms with E-state index in [1.165, 1.54) is 19.2 Å². The number of nitrogens with zero attached hydrogens (tertiary/aromatic N) is 1. The highest BCUT2D eigenvalue weighted by molar-refractivity contribution is 7.80. The third-order valence-corrected chi connectivity index (χ3v) is 3.26. The average molecular weight is 359 g/mol. The van der Waals surface area contributed by atoms with Crippen LogP contribution in [-0.2, 0) is 6.61 Å². The molecular formula is C17H17N3O4S.